The van der Waals surface area contributed by atoms with Crippen LogP contribution in [0.5, 0.6) is 17.2 Å². The summed E-state index contributed by atoms with van der Waals surface area (Å²) in [5, 5.41) is 12.2. The second kappa shape index (κ2) is 12.4. The van der Waals surface area contributed by atoms with Crippen LogP contribution in [-0.4, -0.2) is 38.8 Å². The van der Waals surface area contributed by atoms with E-state index in [1.54, 1.807) is 43.3 Å². The number of methoxy groups -OCH3 is 1. The highest BCUT2D eigenvalue weighted by Crippen LogP contribution is 2.37. The molecule has 2 aromatic rings. The van der Waals surface area contributed by atoms with Crippen molar-refractivity contribution in [2.75, 3.05) is 32.2 Å². The Morgan fingerprint density at radius 1 is 1.09 bits per heavy atom. The number of nitrogens with zero attached hydrogens (tertiary/aromatic N) is 1. The molecule has 2 aromatic carbocycles. The molecule has 1 amide bonds. The van der Waals surface area contributed by atoms with E-state index >= 15 is 0 Å². The Labute approximate surface area is 194 Å². The number of rotatable bonds is 10. The van der Waals surface area contributed by atoms with E-state index in [-0.39, 0.29) is 12.2 Å². The second-order valence-corrected chi connectivity index (χ2v) is 7.06. The van der Waals surface area contributed by atoms with E-state index in [0.717, 1.165) is 0 Å². The molecule has 0 aliphatic carbocycles. The number of benzene rings is 2. The van der Waals surface area contributed by atoms with Gasteiger partial charge in [0.2, 0.25) is 0 Å². The Morgan fingerprint density at radius 3 is 2.38 bits per heavy atom. The average Bonchev–Trinajstić information content (AvgIpc) is 2.78. The van der Waals surface area contributed by atoms with Crippen LogP contribution in [0, 0.1) is 11.3 Å². The average molecular weight is 503 g/mol. The molecule has 0 atom stereocenters. The Hall–Kier alpha value is -3.51. The monoisotopic (exact) mass is 502 g/mol. The molecule has 0 saturated heterocycles. The quantitative estimate of drug-likeness (QED) is 0.292. The van der Waals surface area contributed by atoms with Crippen LogP contribution in [0.25, 0.3) is 6.08 Å². The zero-order valence-electron chi connectivity index (χ0n) is 17.9. The van der Waals surface area contributed by atoms with Gasteiger partial charge in [-0.05, 0) is 77.8 Å². The van der Waals surface area contributed by atoms with Gasteiger partial charge in [0.15, 0.2) is 18.1 Å². The molecule has 32 heavy (non-hydrogen) atoms. The molecule has 9 heteroatoms. The Bertz CT molecular complexity index is 1030. The van der Waals surface area contributed by atoms with Gasteiger partial charge in [0.25, 0.3) is 5.91 Å². The van der Waals surface area contributed by atoms with Crippen molar-refractivity contribution in [3.8, 4) is 23.3 Å². The first-order valence-electron chi connectivity index (χ1n) is 9.73. The molecule has 0 heterocycles. The van der Waals surface area contributed by atoms with Gasteiger partial charge in [-0.15, -0.1) is 0 Å². The molecule has 0 aromatic heterocycles. The maximum Gasteiger partial charge on any atom is 0.343 e. The Balaban J connectivity index is 2.25. The van der Waals surface area contributed by atoms with Crippen LogP contribution < -0.4 is 19.5 Å². The topological polar surface area (TPSA) is 107 Å². The molecule has 0 radical (unpaired) electrons. The van der Waals surface area contributed by atoms with Crippen LogP contribution in [0.4, 0.5) is 5.69 Å². The van der Waals surface area contributed by atoms with Crippen molar-refractivity contribution in [1.29, 1.82) is 5.26 Å². The maximum absolute atomic E-state index is 12.6. The number of hydrogen-bond acceptors (Lipinski definition) is 7. The minimum Gasteiger partial charge on any atom is -0.494 e. The van der Waals surface area contributed by atoms with Crippen molar-refractivity contribution >= 4 is 39.6 Å². The van der Waals surface area contributed by atoms with Crippen molar-refractivity contribution < 1.29 is 28.5 Å². The van der Waals surface area contributed by atoms with Crippen molar-refractivity contribution in [2.24, 2.45) is 0 Å². The fourth-order valence-corrected chi connectivity index (χ4v) is 3.15. The number of carbonyl (C=O) groups is 2. The second-order valence-electron chi connectivity index (χ2n) is 6.21. The van der Waals surface area contributed by atoms with Crippen LogP contribution in [0.2, 0.25) is 0 Å². The summed E-state index contributed by atoms with van der Waals surface area (Å²) in [6.45, 7) is 4.27. The molecule has 0 fully saturated rings. The normalized spacial score (nSPS) is 10.7. The third-order valence-electron chi connectivity index (χ3n) is 3.99. The van der Waals surface area contributed by atoms with Crippen molar-refractivity contribution in [2.45, 2.75) is 13.8 Å². The molecule has 0 saturated carbocycles. The molecular formula is C23H23BrN2O6. The lowest BCUT2D eigenvalue weighted by atomic mass is 10.1. The standard InChI is InChI=1S/C23H23BrN2O6/c1-4-30-18-8-6-17(7-9-18)26-23(28)16(13-25)10-15-11-19(24)22(20(12-15)31-5-2)32-14-21(27)29-3/h6-12H,4-5,14H2,1-3H3,(H,26,28)/b16-10+. The van der Waals surface area contributed by atoms with Gasteiger partial charge in [-0.3, -0.25) is 4.79 Å². The number of nitrogens with one attached hydrogen (secondary N) is 1. The molecule has 0 aliphatic heterocycles. The van der Waals surface area contributed by atoms with Crippen molar-refractivity contribution in [3.63, 3.8) is 0 Å². The molecular weight excluding hydrogens is 480 g/mol. The van der Waals surface area contributed by atoms with Gasteiger partial charge in [-0.2, -0.15) is 5.26 Å². The minimum atomic E-state index is -0.559. The summed E-state index contributed by atoms with van der Waals surface area (Å²) in [4.78, 5) is 24.0. The summed E-state index contributed by atoms with van der Waals surface area (Å²) in [5.74, 6) is 0.246. The van der Waals surface area contributed by atoms with E-state index in [9.17, 15) is 14.9 Å². The van der Waals surface area contributed by atoms with Crippen LogP contribution in [0.3, 0.4) is 0 Å². The van der Waals surface area contributed by atoms with Gasteiger partial charge in [0, 0.05) is 5.69 Å². The van der Waals surface area contributed by atoms with Crippen LogP contribution >= 0.6 is 15.9 Å². The summed E-state index contributed by atoms with van der Waals surface area (Å²) >= 11 is 3.38. The van der Waals surface area contributed by atoms with Gasteiger partial charge >= 0.3 is 5.97 Å². The third-order valence-corrected chi connectivity index (χ3v) is 4.58. The Kier molecular flexibility index (Phi) is 9.57. The summed E-state index contributed by atoms with van der Waals surface area (Å²) in [6.07, 6.45) is 1.43. The van der Waals surface area contributed by atoms with Gasteiger partial charge < -0.3 is 24.3 Å². The maximum atomic E-state index is 12.6. The third kappa shape index (κ3) is 7.03. The van der Waals surface area contributed by atoms with Crippen LogP contribution in [0.1, 0.15) is 19.4 Å². The lowest BCUT2D eigenvalue weighted by Gasteiger charge is -2.14. The lowest BCUT2D eigenvalue weighted by Crippen LogP contribution is -2.14. The van der Waals surface area contributed by atoms with E-state index in [0.29, 0.717) is 46.2 Å². The highest BCUT2D eigenvalue weighted by Gasteiger charge is 2.16. The number of esters is 1. The summed E-state index contributed by atoms with van der Waals surface area (Å²) < 4.78 is 21.5. The predicted octanol–water partition coefficient (Wildman–Crippen LogP) is 4.34. The molecule has 8 nitrogen and oxygen atoms in total. The van der Waals surface area contributed by atoms with Gasteiger partial charge in [0.1, 0.15) is 17.4 Å². The number of hydrogen-bond donors (Lipinski definition) is 1. The fraction of sp³-hybridized carbons (Fsp3) is 0.261. The van der Waals surface area contributed by atoms with Crippen LogP contribution in [-0.2, 0) is 14.3 Å². The van der Waals surface area contributed by atoms with E-state index in [1.807, 2.05) is 13.0 Å². The predicted molar refractivity (Wildman–Crippen MR) is 123 cm³/mol. The first-order chi connectivity index (χ1) is 15.4. The molecule has 2 rings (SSSR count). The Morgan fingerprint density at radius 2 is 1.78 bits per heavy atom. The van der Waals surface area contributed by atoms with Gasteiger partial charge in [0.05, 0.1) is 24.8 Å². The largest absolute Gasteiger partial charge is 0.494 e. The van der Waals surface area contributed by atoms with E-state index < -0.39 is 11.9 Å². The first-order valence-corrected chi connectivity index (χ1v) is 10.5. The summed E-state index contributed by atoms with van der Waals surface area (Å²) in [7, 11) is 1.26. The number of anilines is 1. The number of nitriles is 1. The van der Waals surface area contributed by atoms with E-state index in [2.05, 4.69) is 26.0 Å². The van der Waals surface area contributed by atoms with Crippen molar-refractivity contribution in [1.82, 2.24) is 0 Å². The highest BCUT2D eigenvalue weighted by atomic mass is 79.9. The van der Waals surface area contributed by atoms with E-state index in [4.69, 9.17) is 14.2 Å². The molecule has 0 bridgehead atoms. The lowest BCUT2D eigenvalue weighted by molar-refractivity contribution is -0.142. The number of halogens is 1. The first kappa shape index (κ1) is 24.8. The number of carbonyl (C=O) groups excluding carboxylic acids is 2. The zero-order valence-corrected chi connectivity index (χ0v) is 19.5. The minimum absolute atomic E-state index is 0.100. The summed E-state index contributed by atoms with van der Waals surface area (Å²) in [5.41, 5.74) is 0.961. The smallest absolute Gasteiger partial charge is 0.343 e. The van der Waals surface area contributed by atoms with Crippen molar-refractivity contribution in [3.05, 3.63) is 52.0 Å². The number of amides is 1. The molecule has 0 aliphatic rings. The molecule has 0 spiro atoms. The van der Waals surface area contributed by atoms with Crippen LogP contribution in [0.15, 0.2) is 46.4 Å². The molecule has 168 valence electrons. The SMILES string of the molecule is CCOc1ccc(NC(=O)/C(C#N)=C/c2cc(Br)c(OCC(=O)OC)c(OCC)c2)cc1. The fourth-order valence-electron chi connectivity index (χ4n) is 2.58. The number of ether oxygens (including phenoxy) is 4. The highest BCUT2D eigenvalue weighted by molar-refractivity contribution is 9.10. The van der Waals surface area contributed by atoms with E-state index in [1.165, 1.54) is 13.2 Å². The molecule has 1 N–H and O–H groups in total. The van der Waals surface area contributed by atoms with Gasteiger partial charge in [-0.25, -0.2) is 4.79 Å². The summed E-state index contributed by atoms with van der Waals surface area (Å²) in [6, 6.07) is 12.0. The van der Waals surface area contributed by atoms with Gasteiger partial charge in [-0.1, -0.05) is 0 Å². The zero-order chi connectivity index (χ0) is 23.5. The molecule has 0 unspecified atom stereocenters.